The van der Waals surface area contributed by atoms with Gasteiger partial charge in [0, 0.05) is 53.9 Å². The second-order valence-electron chi connectivity index (χ2n) is 9.91. The molecule has 2 bridgehead atoms. The molecule has 2 atom stereocenters. The number of aromatic amines is 1. The summed E-state index contributed by atoms with van der Waals surface area (Å²) in [6, 6.07) is 12.5. The van der Waals surface area contributed by atoms with Gasteiger partial charge >= 0.3 is 5.97 Å². The van der Waals surface area contributed by atoms with Gasteiger partial charge < -0.3 is 19.7 Å². The van der Waals surface area contributed by atoms with Gasteiger partial charge in [-0.15, -0.1) is 0 Å². The first kappa shape index (κ1) is 22.9. The number of likely N-dealkylation sites (tertiary alicyclic amines) is 2. The van der Waals surface area contributed by atoms with Gasteiger partial charge in [0.05, 0.1) is 12.7 Å². The van der Waals surface area contributed by atoms with E-state index in [1.54, 1.807) is 19.2 Å². The van der Waals surface area contributed by atoms with Crippen molar-refractivity contribution in [3.05, 3.63) is 64.8 Å². The number of aryl methyl sites for hydroxylation is 1. The van der Waals surface area contributed by atoms with Crippen LogP contribution in [-0.4, -0.2) is 58.6 Å². The lowest BCUT2D eigenvalue weighted by Crippen LogP contribution is -2.61. The average Bonchev–Trinajstić information content (AvgIpc) is 3.35. The first-order valence-electron chi connectivity index (χ1n) is 12.4. The molecule has 2 aliphatic rings. The average molecular weight is 462 g/mol. The van der Waals surface area contributed by atoms with E-state index < -0.39 is 5.97 Å². The van der Waals surface area contributed by atoms with Crippen LogP contribution < -0.4 is 4.74 Å². The number of aromatic nitrogens is 1. The van der Waals surface area contributed by atoms with E-state index in [0.29, 0.717) is 11.6 Å². The number of nitrogens with zero attached hydrogens (tertiary/aromatic N) is 2. The van der Waals surface area contributed by atoms with Gasteiger partial charge in [0.25, 0.3) is 0 Å². The molecule has 2 aliphatic heterocycles. The predicted molar refractivity (Wildman–Crippen MR) is 135 cm³/mol. The maximum atomic E-state index is 11.5. The summed E-state index contributed by atoms with van der Waals surface area (Å²) in [6.45, 7) is 8.40. The van der Waals surface area contributed by atoms with E-state index in [0.717, 1.165) is 51.2 Å². The summed E-state index contributed by atoms with van der Waals surface area (Å²) in [5.41, 5.74) is 5.05. The summed E-state index contributed by atoms with van der Waals surface area (Å²) >= 11 is 0. The second kappa shape index (κ2) is 9.08. The number of benzene rings is 2. The van der Waals surface area contributed by atoms with Crippen molar-refractivity contribution in [3.8, 4) is 5.75 Å². The summed E-state index contributed by atoms with van der Waals surface area (Å²) in [5, 5.41) is 10.6. The number of hydrogen-bond donors (Lipinski definition) is 2. The van der Waals surface area contributed by atoms with Crippen molar-refractivity contribution in [3.63, 3.8) is 0 Å². The number of carboxylic acids is 1. The third-order valence-corrected chi connectivity index (χ3v) is 8.10. The molecule has 2 fully saturated rings. The zero-order valence-corrected chi connectivity index (χ0v) is 20.4. The van der Waals surface area contributed by atoms with Gasteiger partial charge in [0.2, 0.25) is 0 Å². The van der Waals surface area contributed by atoms with Gasteiger partial charge in [-0.2, -0.15) is 0 Å². The molecule has 1 aromatic heterocycles. The van der Waals surface area contributed by atoms with Crippen molar-refractivity contribution in [2.75, 3.05) is 26.7 Å². The highest BCUT2D eigenvalue weighted by Crippen LogP contribution is 2.47. The zero-order valence-electron chi connectivity index (χ0n) is 20.4. The summed E-state index contributed by atoms with van der Waals surface area (Å²) in [7, 11) is 1.76. The summed E-state index contributed by atoms with van der Waals surface area (Å²) in [5.74, 6) is 0.0611. The standard InChI is InChI=1S/C28H35N3O3/c1-4-13-30-15-11-28(21-7-5-20(6-8-21)27(32)33)17-22(30)10-14-31(28)18-24-23-9-12-29-26(23)19(2)16-25(24)34-3/h5-9,12,16,22,29H,4,10-11,13-15,17-18H2,1-3H3,(H,32,33). The quantitative estimate of drug-likeness (QED) is 0.509. The molecule has 2 N–H and O–H groups in total. The van der Waals surface area contributed by atoms with Gasteiger partial charge in [-0.1, -0.05) is 19.1 Å². The molecular formula is C28H35N3O3. The van der Waals surface area contributed by atoms with Crippen LogP contribution in [0.4, 0.5) is 0 Å². The number of aromatic carboxylic acids is 1. The molecule has 6 nitrogen and oxygen atoms in total. The molecule has 3 aromatic rings. The summed E-state index contributed by atoms with van der Waals surface area (Å²) in [6.07, 6.45) is 6.45. The Balaban J connectivity index is 1.56. The van der Waals surface area contributed by atoms with Crippen molar-refractivity contribution < 1.29 is 14.6 Å². The van der Waals surface area contributed by atoms with Crippen LogP contribution in [0.15, 0.2) is 42.6 Å². The smallest absolute Gasteiger partial charge is 0.335 e. The van der Waals surface area contributed by atoms with Crippen molar-refractivity contribution >= 4 is 16.9 Å². The number of hydrogen-bond acceptors (Lipinski definition) is 4. The Labute approximate surface area is 201 Å². The van der Waals surface area contributed by atoms with Crippen LogP contribution in [0, 0.1) is 6.92 Å². The number of carbonyl (C=O) groups is 1. The molecule has 0 radical (unpaired) electrons. The van der Waals surface area contributed by atoms with E-state index in [2.05, 4.69) is 40.8 Å². The van der Waals surface area contributed by atoms with E-state index in [9.17, 15) is 9.90 Å². The molecule has 6 heteroatoms. The van der Waals surface area contributed by atoms with Gasteiger partial charge in [0.15, 0.2) is 0 Å². The molecule has 5 rings (SSSR count). The molecule has 3 heterocycles. The normalized spacial score (nSPS) is 23.3. The largest absolute Gasteiger partial charge is 0.496 e. The minimum Gasteiger partial charge on any atom is -0.496 e. The van der Waals surface area contributed by atoms with Crippen molar-refractivity contribution in [1.29, 1.82) is 0 Å². The Bertz CT molecular complexity index is 1190. The molecule has 0 amide bonds. The molecule has 0 aliphatic carbocycles. The second-order valence-corrected chi connectivity index (χ2v) is 9.91. The fraction of sp³-hybridized carbons (Fsp3) is 0.464. The fourth-order valence-corrected chi connectivity index (χ4v) is 6.37. The van der Waals surface area contributed by atoms with Crippen LogP contribution >= 0.6 is 0 Å². The summed E-state index contributed by atoms with van der Waals surface area (Å²) in [4.78, 5) is 20.2. The number of nitrogens with one attached hydrogen (secondary N) is 1. The third kappa shape index (κ3) is 3.79. The van der Waals surface area contributed by atoms with Gasteiger partial charge in [-0.05, 0) is 74.5 Å². The molecule has 2 aromatic carbocycles. The minimum absolute atomic E-state index is 0.108. The van der Waals surface area contributed by atoms with Crippen molar-refractivity contribution in [2.24, 2.45) is 0 Å². The molecule has 0 spiro atoms. The Hall–Kier alpha value is -2.83. The molecule has 34 heavy (non-hydrogen) atoms. The fourth-order valence-electron chi connectivity index (χ4n) is 6.37. The minimum atomic E-state index is -0.876. The summed E-state index contributed by atoms with van der Waals surface area (Å²) < 4.78 is 5.86. The number of H-pyrrole nitrogens is 1. The lowest BCUT2D eigenvalue weighted by atomic mass is 9.72. The lowest BCUT2D eigenvalue weighted by molar-refractivity contribution is -0.0600. The topological polar surface area (TPSA) is 68.8 Å². The van der Waals surface area contributed by atoms with E-state index in [4.69, 9.17) is 4.74 Å². The van der Waals surface area contributed by atoms with Crippen molar-refractivity contribution in [2.45, 2.75) is 57.7 Å². The van der Waals surface area contributed by atoms with Crippen LogP contribution in [0.3, 0.4) is 0 Å². The van der Waals surface area contributed by atoms with Crippen LogP contribution in [0.5, 0.6) is 5.75 Å². The first-order valence-corrected chi connectivity index (χ1v) is 12.4. The predicted octanol–water partition coefficient (Wildman–Crippen LogP) is 5.16. The number of carboxylic acid groups (broad SMARTS) is 1. The molecule has 180 valence electrons. The maximum Gasteiger partial charge on any atom is 0.335 e. The van der Waals surface area contributed by atoms with E-state index in [1.807, 2.05) is 18.3 Å². The zero-order chi connectivity index (χ0) is 23.9. The molecule has 0 saturated carbocycles. The van der Waals surface area contributed by atoms with E-state index >= 15 is 0 Å². The highest BCUT2D eigenvalue weighted by molar-refractivity contribution is 5.88. The van der Waals surface area contributed by atoms with Crippen LogP contribution in [0.25, 0.3) is 10.9 Å². The van der Waals surface area contributed by atoms with Crippen LogP contribution in [0.2, 0.25) is 0 Å². The molecule has 2 unspecified atom stereocenters. The molecular weight excluding hydrogens is 426 g/mol. The van der Waals surface area contributed by atoms with Gasteiger partial charge in [0.1, 0.15) is 5.75 Å². The Morgan fingerprint density at radius 2 is 2.03 bits per heavy atom. The number of methoxy groups -OCH3 is 1. The Morgan fingerprint density at radius 1 is 1.24 bits per heavy atom. The maximum absolute atomic E-state index is 11.5. The number of ether oxygens (including phenoxy) is 1. The first-order chi connectivity index (χ1) is 16.5. The van der Waals surface area contributed by atoms with Crippen molar-refractivity contribution in [1.82, 2.24) is 14.8 Å². The van der Waals surface area contributed by atoms with E-state index in [-0.39, 0.29) is 5.54 Å². The molecule has 2 saturated heterocycles. The number of rotatable bonds is 7. The Kier molecular flexibility index (Phi) is 6.13. The van der Waals surface area contributed by atoms with E-state index in [1.165, 1.54) is 34.0 Å². The lowest BCUT2D eigenvalue weighted by Gasteiger charge is -2.57. The Morgan fingerprint density at radius 3 is 2.74 bits per heavy atom. The SMILES string of the molecule is CCCN1CCC2(c3ccc(C(=O)O)cc3)CC1CCN2Cc1c(OC)cc(C)c2[nH]ccc12. The van der Waals surface area contributed by atoms with Crippen LogP contribution in [0.1, 0.15) is 59.7 Å². The van der Waals surface area contributed by atoms with Crippen LogP contribution in [-0.2, 0) is 12.1 Å². The highest BCUT2D eigenvalue weighted by Gasteiger charge is 2.48. The monoisotopic (exact) mass is 461 g/mol. The highest BCUT2D eigenvalue weighted by atomic mass is 16.5. The van der Waals surface area contributed by atoms with Gasteiger partial charge in [-0.3, -0.25) is 4.90 Å². The number of fused-ring (bicyclic) bond motifs is 3. The number of piperidine rings is 2. The third-order valence-electron chi connectivity index (χ3n) is 8.10. The van der Waals surface area contributed by atoms with Gasteiger partial charge in [-0.25, -0.2) is 4.79 Å².